The predicted molar refractivity (Wildman–Crippen MR) is 44.2 cm³/mol. The molecule has 0 aliphatic heterocycles. The van der Waals surface area contributed by atoms with Crippen LogP contribution in [0, 0.1) is 0 Å². The number of azide groups is 1. The number of carbonyl (C=O) groups is 1. The Kier molecular flexibility index (Phi) is 5.47. The lowest BCUT2D eigenvalue weighted by Gasteiger charge is -1.96. The highest BCUT2D eigenvalue weighted by Crippen LogP contribution is 2.03. The molecule has 0 aliphatic rings. The minimum atomic E-state index is -0.596. The van der Waals surface area contributed by atoms with Crippen LogP contribution in [0.2, 0.25) is 0 Å². The van der Waals surface area contributed by atoms with Gasteiger partial charge in [0.2, 0.25) is 0 Å². The zero-order valence-corrected chi connectivity index (χ0v) is 7.15. The summed E-state index contributed by atoms with van der Waals surface area (Å²) >= 11 is 0. The van der Waals surface area contributed by atoms with E-state index in [1.54, 1.807) is 6.08 Å². The van der Waals surface area contributed by atoms with Gasteiger partial charge in [-0.3, -0.25) is 0 Å². The quantitative estimate of drug-likeness (QED) is 0.212. The monoisotopic (exact) mass is 169 g/mol. The third-order valence-electron chi connectivity index (χ3n) is 1.17. The molecule has 0 rings (SSSR count). The van der Waals surface area contributed by atoms with Crippen LogP contribution in [-0.2, 0) is 9.53 Å². The van der Waals surface area contributed by atoms with Crippen molar-refractivity contribution in [1.29, 1.82) is 0 Å². The van der Waals surface area contributed by atoms with E-state index in [1.807, 2.05) is 6.92 Å². The molecule has 0 N–H and O–H groups in total. The van der Waals surface area contributed by atoms with Gasteiger partial charge >= 0.3 is 5.97 Å². The molecule has 0 unspecified atom stereocenters. The molecule has 0 aromatic rings. The van der Waals surface area contributed by atoms with E-state index in [0.717, 1.165) is 6.42 Å². The van der Waals surface area contributed by atoms with E-state index in [4.69, 9.17) is 5.53 Å². The van der Waals surface area contributed by atoms with Gasteiger partial charge in [0.15, 0.2) is 0 Å². The lowest BCUT2D eigenvalue weighted by molar-refractivity contribution is -0.136. The first-order valence-electron chi connectivity index (χ1n) is 3.59. The fourth-order valence-corrected chi connectivity index (χ4v) is 0.599. The summed E-state index contributed by atoms with van der Waals surface area (Å²) in [5, 5.41) is 3.20. The van der Waals surface area contributed by atoms with E-state index < -0.39 is 5.97 Å². The number of esters is 1. The van der Waals surface area contributed by atoms with Crippen LogP contribution < -0.4 is 0 Å². The molecule has 0 aliphatic carbocycles. The molecular formula is C7H11N3O2. The van der Waals surface area contributed by atoms with Gasteiger partial charge in [0, 0.05) is 4.91 Å². The lowest BCUT2D eigenvalue weighted by Crippen LogP contribution is -2.01. The first kappa shape index (κ1) is 10.5. The molecule has 0 spiro atoms. The van der Waals surface area contributed by atoms with E-state index in [-0.39, 0.29) is 5.70 Å². The molecule has 0 saturated carbocycles. The number of nitrogens with zero attached hydrogens (tertiary/aromatic N) is 3. The molecule has 0 aromatic heterocycles. The number of allylic oxidation sites excluding steroid dienone is 1. The summed E-state index contributed by atoms with van der Waals surface area (Å²) in [4.78, 5) is 13.4. The van der Waals surface area contributed by atoms with Crippen LogP contribution in [0.3, 0.4) is 0 Å². The summed E-state index contributed by atoms with van der Waals surface area (Å²) in [5.74, 6) is -0.596. The van der Waals surface area contributed by atoms with Gasteiger partial charge in [-0.25, -0.2) is 4.79 Å². The number of ether oxygens (including phenoxy) is 1. The topological polar surface area (TPSA) is 75.1 Å². The Morgan fingerprint density at radius 3 is 2.83 bits per heavy atom. The van der Waals surface area contributed by atoms with Crippen molar-refractivity contribution in [2.45, 2.75) is 19.8 Å². The molecular weight excluding hydrogens is 158 g/mol. The van der Waals surface area contributed by atoms with Gasteiger partial charge in [-0.2, -0.15) is 0 Å². The van der Waals surface area contributed by atoms with E-state index in [0.29, 0.717) is 6.42 Å². The molecule has 0 heterocycles. The van der Waals surface area contributed by atoms with Gasteiger partial charge < -0.3 is 4.74 Å². The maximum atomic E-state index is 10.9. The average Bonchev–Trinajstić information content (AvgIpc) is 2.11. The predicted octanol–water partition coefficient (Wildman–Crippen LogP) is 2.15. The van der Waals surface area contributed by atoms with E-state index in [1.165, 1.54) is 7.11 Å². The maximum absolute atomic E-state index is 10.9. The van der Waals surface area contributed by atoms with Crippen molar-refractivity contribution in [3.8, 4) is 0 Å². The molecule has 5 heteroatoms. The van der Waals surface area contributed by atoms with Crippen LogP contribution in [-0.4, -0.2) is 13.1 Å². The van der Waals surface area contributed by atoms with Crippen LogP contribution in [0.4, 0.5) is 0 Å². The Labute approximate surface area is 70.6 Å². The number of rotatable bonds is 4. The number of methoxy groups -OCH3 is 1. The second kappa shape index (κ2) is 6.24. The van der Waals surface area contributed by atoms with Crippen LogP contribution in [0.15, 0.2) is 16.9 Å². The minimum absolute atomic E-state index is 0.0295. The SMILES string of the molecule is CCC/C=C(\N=[N+]=[N-])C(=O)OC. The van der Waals surface area contributed by atoms with Crippen molar-refractivity contribution in [2.24, 2.45) is 5.11 Å². The van der Waals surface area contributed by atoms with Crippen molar-refractivity contribution in [2.75, 3.05) is 7.11 Å². The van der Waals surface area contributed by atoms with Crippen LogP contribution in [0.5, 0.6) is 0 Å². The summed E-state index contributed by atoms with van der Waals surface area (Å²) in [6.45, 7) is 1.96. The van der Waals surface area contributed by atoms with E-state index in [9.17, 15) is 4.79 Å². The average molecular weight is 169 g/mol. The van der Waals surface area contributed by atoms with Crippen molar-refractivity contribution >= 4 is 5.97 Å². The highest BCUT2D eigenvalue weighted by molar-refractivity contribution is 5.87. The van der Waals surface area contributed by atoms with Crippen molar-refractivity contribution in [3.05, 3.63) is 22.2 Å². The Bertz CT molecular complexity index is 229. The molecule has 0 atom stereocenters. The van der Waals surface area contributed by atoms with Gasteiger partial charge in [0.05, 0.1) is 7.11 Å². The molecule has 0 aromatic carbocycles. The van der Waals surface area contributed by atoms with Gasteiger partial charge in [-0.1, -0.05) is 24.5 Å². The summed E-state index contributed by atoms with van der Waals surface area (Å²) in [6, 6.07) is 0. The number of unbranched alkanes of at least 4 members (excludes halogenated alkanes) is 1. The van der Waals surface area contributed by atoms with Crippen molar-refractivity contribution in [3.63, 3.8) is 0 Å². The highest BCUT2D eigenvalue weighted by atomic mass is 16.5. The Morgan fingerprint density at radius 1 is 1.75 bits per heavy atom. The summed E-state index contributed by atoms with van der Waals surface area (Å²) in [6.07, 6.45) is 3.15. The molecule has 66 valence electrons. The van der Waals surface area contributed by atoms with E-state index >= 15 is 0 Å². The van der Waals surface area contributed by atoms with Crippen molar-refractivity contribution < 1.29 is 9.53 Å². The second-order valence-corrected chi connectivity index (χ2v) is 2.06. The molecule has 0 bridgehead atoms. The fraction of sp³-hybridized carbons (Fsp3) is 0.571. The summed E-state index contributed by atoms with van der Waals surface area (Å²) in [5.41, 5.74) is 8.12. The normalized spacial score (nSPS) is 10.3. The largest absolute Gasteiger partial charge is 0.466 e. The van der Waals surface area contributed by atoms with Gasteiger partial charge in [-0.05, 0) is 12.0 Å². The maximum Gasteiger partial charge on any atom is 0.339 e. The standard InChI is InChI=1S/C7H11N3O2/c1-3-4-5-6(9-10-8)7(11)12-2/h5H,3-4H2,1-2H3/b6-5-. The number of hydrogen-bond acceptors (Lipinski definition) is 3. The second-order valence-electron chi connectivity index (χ2n) is 2.06. The number of hydrogen-bond donors (Lipinski definition) is 0. The highest BCUT2D eigenvalue weighted by Gasteiger charge is 2.05. The molecule has 12 heavy (non-hydrogen) atoms. The third-order valence-corrected chi connectivity index (χ3v) is 1.17. The van der Waals surface area contributed by atoms with Crippen LogP contribution in [0.25, 0.3) is 10.4 Å². The Hall–Kier alpha value is -1.48. The van der Waals surface area contributed by atoms with Crippen molar-refractivity contribution in [1.82, 2.24) is 0 Å². The Balaban J connectivity index is 4.42. The zero-order chi connectivity index (χ0) is 9.40. The van der Waals surface area contributed by atoms with E-state index in [2.05, 4.69) is 14.8 Å². The zero-order valence-electron chi connectivity index (χ0n) is 7.15. The smallest absolute Gasteiger partial charge is 0.339 e. The Morgan fingerprint density at radius 2 is 2.42 bits per heavy atom. The summed E-state index contributed by atoms with van der Waals surface area (Å²) in [7, 11) is 1.25. The minimum Gasteiger partial charge on any atom is -0.466 e. The molecule has 0 radical (unpaired) electrons. The van der Waals surface area contributed by atoms with Gasteiger partial charge in [0.1, 0.15) is 5.70 Å². The van der Waals surface area contributed by atoms with Crippen LogP contribution >= 0.6 is 0 Å². The fourth-order valence-electron chi connectivity index (χ4n) is 0.599. The molecule has 0 saturated heterocycles. The first-order valence-corrected chi connectivity index (χ1v) is 3.59. The number of carbonyl (C=O) groups excluding carboxylic acids is 1. The molecule has 5 nitrogen and oxygen atoms in total. The van der Waals surface area contributed by atoms with Gasteiger partial charge in [0.25, 0.3) is 0 Å². The lowest BCUT2D eigenvalue weighted by atomic mass is 10.3. The third kappa shape index (κ3) is 3.63. The summed E-state index contributed by atoms with van der Waals surface area (Å²) < 4.78 is 4.39. The van der Waals surface area contributed by atoms with Gasteiger partial charge in [-0.15, -0.1) is 0 Å². The molecule has 0 fully saturated rings. The first-order chi connectivity index (χ1) is 5.76. The van der Waals surface area contributed by atoms with Crippen LogP contribution in [0.1, 0.15) is 19.8 Å². The molecule has 0 amide bonds.